The van der Waals surface area contributed by atoms with Crippen molar-refractivity contribution in [3.63, 3.8) is 0 Å². The molecule has 0 aromatic heterocycles. The van der Waals surface area contributed by atoms with Crippen LogP contribution in [-0.2, 0) is 11.3 Å². The van der Waals surface area contributed by atoms with Crippen LogP contribution in [0.25, 0.3) is 0 Å². The minimum Gasteiger partial charge on any atom is -0.323 e. The second-order valence-electron chi connectivity index (χ2n) is 5.19. The molecule has 0 spiro atoms. The second kappa shape index (κ2) is 7.63. The lowest BCUT2D eigenvalue weighted by Gasteiger charge is -2.24. The predicted molar refractivity (Wildman–Crippen MR) is 92.5 cm³/mol. The molecule has 0 heterocycles. The highest BCUT2D eigenvalue weighted by molar-refractivity contribution is 6.35. The Hall–Kier alpha value is -1.55. The molecule has 0 bridgehead atoms. The molecule has 0 aliphatic carbocycles. The number of amides is 1. The zero-order chi connectivity index (χ0) is 16.1. The van der Waals surface area contributed by atoms with E-state index in [-0.39, 0.29) is 11.9 Å². The monoisotopic (exact) mass is 336 g/mol. The average Bonchev–Trinajstić information content (AvgIpc) is 2.51. The Kier molecular flexibility index (Phi) is 5.83. The zero-order valence-corrected chi connectivity index (χ0v) is 14.0. The Bertz CT molecular complexity index is 646. The van der Waals surface area contributed by atoms with E-state index in [2.05, 4.69) is 5.32 Å². The van der Waals surface area contributed by atoms with Crippen molar-refractivity contribution in [1.29, 1.82) is 0 Å². The van der Waals surface area contributed by atoms with E-state index < -0.39 is 0 Å². The molecule has 1 amide bonds. The molecule has 22 heavy (non-hydrogen) atoms. The van der Waals surface area contributed by atoms with Gasteiger partial charge in [-0.3, -0.25) is 9.69 Å². The summed E-state index contributed by atoms with van der Waals surface area (Å²) in [5.74, 6) is -0.123. The first-order valence-electron chi connectivity index (χ1n) is 6.97. The number of halogens is 2. The van der Waals surface area contributed by atoms with Gasteiger partial charge in [0.2, 0.25) is 5.91 Å². The van der Waals surface area contributed by atoms with Gasteiger partial charge in [0.15, 0.2) is 0 Å². The Morgan fingerprint density at radius 2 is 1.86 bits per heavy atom. The molecule has 2 aromatic rings. The molecule has 2 rings (SSSR count). The minimum atomic E-state index is -0.296. The highest BCUT2D eigenvalue weighted by atomic mass is 35.5. The summed E-state index contributed by atoms with van der Waals surface area (Å²) in [6.07, 6.45) is 0. The lowest BCUT2D eigenvalue weighted by atomic mass is 10.2. The van der Waals surface area contributed by atoms with Crippen LogP contribution in [0.2, 0.25) is 10.0 Å². The van der Waals surface area contributed by atoms with Gasteiger partial charge in [-0.2, -0.15) is 0 Å². The molecule has 0 aliphatic heterocycles. The minimum absolute atomic E-state index is 0.123. The Morgan fingerprint density at radius 3 is 2.55 bits per heavy atom. The standard InChI is InChI=1S/C17H18Cl2N2O/c1-12(21(2)11-13-6-4-3-5-7-13)17(22)20-16-10-14(18)8-9-15(16)19/h3-10,12H,11H2,1-2H3,(H,20,22)/t12-/m0/s1. The van der Waals surface area contributed by atoms with Crippen LogP contribution < -0.4 is 5.32 Å². The molecule has 2 aromatic carbocycles. The maximum absolute atomic E-state index is 12.4. The van der Waals surface area contributed by atoms with Gasteiger partial charge in [-0.25, -0.2) is 0 Å². The van der Waals surface area contributed by atoms with E-state index in [4.69, 9.17) is 23.2 Å². The summed E-state index contributed by atoms with van der Waals surface area (Å²) < 4.78 is 0. The number of anilines is 1. The van der Waals surface area contributed by atoms with E-state index in [0.717, 1.165) is 5.56 Å². The van der Waals surface area contributed by atoms with Gasteiger partial charge >= 0.3 is 0 Å². The zero-order valence-electron chi connectivity index (χ0n) is 12.5. The van der Waals surface area contributed by atoms with E-state index in [1.54, 1.807) is 18.2 Å². The molecule has 0 saturated carbocycles. The van der Waals surface area contributed by atoms with Gasteiger partial charge in [-0.1, -0.05) is 53.5 Å². The number of hydrogen-bond donors (Lipinski definition) is 1. The highest BCUT2D eigenvalue weighted by Gasteiger charge is 2.19. The van der Waals surface area contributed by atoms with Crippen molar-refractivity contribution in [2.45, 2.75) is 19.5 Å². The fourth-order valence-corrected chi connectivity index (χ4v) is 2.38. The van der Waals surface area contributed by atoms with E-state index >= 15 is 0 Å². The topological polar surface area (TPSA) is 32.3 Å². The fourth-order valence-electron chi connectivity index (χ4n) is 2.04. The first-order valence-corrected chi connectivity index (χ1v) is 7.73. The number of carbonyl (C=O) groups is 1. The van der Waals surface area contributed by atoms with Crippen LogP contribution in [0.3, 0.4) is 0 Å². The number of hydrogen-bond acceptors (Lipinski definition) is 2. The van der Waals surface area contributed by atoms with E-state index in [1.807, 2.05) is 49.2 Å². The molecular weight excluding hydrogens is 319 g/mol. The van der Waals surface area contributed by atoms with E-state index in [0.29, 0.717) is 22.3 Å². The molecule has 1 N–H and O–H groups in total. The smallest absolute Gasteiger partial charge is 0.241 e. The van der Waals surface area contributed by atoms with Crippen molar-refractivity contribution in [2.24, 2.45) is 0 Å². The third-order valence-corrected chi connectivity index (χ3v) is 4.07. The van der Waals surface area contributed by atoms with E-state index in [1.165, 1.54) is 0 Å². The Morgan fingerprint density at radius 1 is 1.18 bits per heavy atom. The molecule has 0 saturated heterocycles. The van der Waals surface area contributed by atoms with Crippen LogP contribution in [0.5, 0.6) is 0 Å². The molecule has 0 radical (unpaired) electrons. The Balaban J connectivity index is 2.01. The van der Waals surface area contributed by atoms with Crippen LogP contribution in [0.1, 0.15) is 12.5 Å². The van der Waals surface area contributed by atoms with Crippen LogP contribution in [-0.4, -0.2) is 23.9 Å². The summed E-state index contributed by atoms with van der Waals surface area (Å²) in [7, 11) is 1.91. The summed E-state index contributed by atoms with van der Waals surface area (Å²) in [4.78, 5) is 14.3. The lowest BCUT2D eigenvalue weighted by Crippen LogP contribution is -2.39. The lowest BCUT2D eigenvalue weighted by molar-refractivity contribution is -0.120. The molecule has 0 unspecified atom stereocenters. The third kappa shape index (κ3) is 4.47. The number of nitrogens with one attached hydrogen (secondary N) is 1. The largest absolute Gasteiger partial charge is 0.323 e. The van der Waals surface area contributed by atoms with Crippen molar-refractivity contribution in [3.8, 4) is 0 Å². The van der Waals surface area contributed by atoms with Crippen molar-refractivity contribution in [3.05, 3.63) is 64.1 Å². The number of likely N-dealkylation sites (N-methyl/N-ethyl adjacent to an activating group) is 1. The maximum Gasteiger partial charge on any atom is 0.241 e. The molecule has 3 nitrogen and oxygen atoms in total. The van der Waals surface area contributed by atoms with E-state index in [9.17, 15) is 4.79 Å². The normalized spacial score (nSPS) is 12.2. The molecule has 0 fully saturated rings. The fraction of sp³-hybridized carbons (Fsp3) is 0.235. The third-order valence-electron chi connectivity index (χ3n) is 3.50. The molecule has 116 valence electrons. The second-order valence-corrected chi connectivity index (χ2v) is 6.03. The average molecular weight is 337 g/mol. The predicted octanol–water partition coefficient (Wildman–Crippen LogP) is 4.45. The molecular formula is C17H18Cl2N2O. The first kappa shape index (κ1) is 16.8. The number of rotatable bonds is 5. The van der Waals surface area contributed by atoms with Crippen LogP contribution in [0.15, 0.2) is 48.5 Å². The summed E-state index contributed by atoms with van der Waals surface area (Å²) >= 11 is 12.0. The first-order chi connectivity index (χ1) is 10.5. The summed E-state index contributed by atoms with van der Waals surface area (Å²) in [5.41, 5.74) is 1.68. The quantitative estimate of drug-likeness (QED) is 0.874. The number of benzene rings is 2. The highest BCUT2D eigenvalue weighted by Crippen LogP contribution is 2.25. The molecule has 1 atom stereocenters. The van der Waals surface area contributed by atoms with Gasteiger partial charge in [-0.15, -0.1) is 0 Å². The number of carbonyl (C=O) groups excluding carboxylic acids is 1. The van der Waals surface area contributed by atoms with Crippen LogP contribution >= 0.6 is 23.2 Å². The van der Waals surface area contributed by atoms with Gasteiger partial charge in [0, 0.05) is 11.6 Å². The van der Waals surface area contributed by atoms with Crippen molar-refractivity contribution in [2.75, 3.05) is 12.4 Å². The number of nitrogens with zero attached hydrogens (tertiary/aromatic N) is 1. The molecule has 0 aliphatic rings. The summed E-state index contributed by atoms with van der Waals surface area (Å²) in [6, 6.07) is 14.7. The summed E-state index contributed by atoms with van der Waals surface area (Å²) in [6.45, 7) is 2.55. The van der Waals surface area contributed by atoms with Crippen molar-refractivity contribution in [1.82, 2.24) is 4.90 Å². The molecule has 5 heteroatoms. The van der Waals surface area contributed by atoms with Gasteiger partial charge in [-0.05, 0) is 37.7 Å². The summed E-state index contributed by atoms with van der Waals surface area (Å²) in [5, 5.41) is 3.82. The maximum atomic E-state index is 12.4. The van der Waals surface area contributed by atoms with Gasteiger partial charge < -0.3 is 5.32 Å². The van der Waals surface area contributed by atoms with Gasteiger partial charge in [0.1, 0.15) is 0 Å². The van der Waals surface area contributed by atoms with Crippen LogP contribution in [0, 0.1) is 0 Å². The Labute approximate surface area is 140 Å². The van der Waals surface area contributed by atoms with Crippen LogP contribution in [0.4, 0.5) is 5.69 Å². The van der Waals surface area contributed by atoms with Gasteiger partial charge in [0.25, 0.3) is 0 Å². The SMILES string of the molecule is C[C@@H](C(=O)Nc1cc(Cl)ccc1Cl)N(C)Cc1ccccc1. The van der Waals surface area contributed by atoms with Gasteiger partial charge in [0.05, 0.1) is 16.8 Å². The van der Waals surface area contributed by atoms with Crippen molar-refractivity contribution < 1.29 is 4.79 Å². The van der Waals surface area contributed by atoms with Crippen molar-refractivity contribution >= 4 is 34.8 Å².